The molecule has 1 N–H and O–H groups in total. The summed E-state index contributed by atoms with van der Waals surface area (Å²) in [6.45, 7) is 0. The van der Waals surface area contributed by atoms with E-state index in [0.29, 0.717) is 5.56 Å². The first-order chi connectivity index (χ1) is 9.45. The Bertz CT molecular complexity index is 717. The van der Waals surface area contributed by atoms with Crippen molar-refractivity contribution in [3.63, 3.8) is 0 Å². The van der Waals surface area contributed by atoms with Crippen LogP contribution in [0.5, 0.6) is 0 Å². The summed E-state index contributed by atoms with van der Waals surface area (Å²) in [5.74, 6) is -0.631. The van der Waals surface area contributed by atoms with Crippen LogP contribution in [0, 0.1) is 0 Å². The molecule has 0 aliphatic carbocycles. The molecule has 0 spiro atoms. The summed E-state index contributed by atoms with van der Waals surface area (Å²) in [6, 6.07) is 4.37. The van der Waals surface area contributed by atoms with Gasteiger partial charge in [0.25, 0.3) is 5.56 Å². The lowest BCUT2D eigenvalue weighted by Crippen LogP contribution is -2.15. The number of pyridine rings is 1. The molecule has 0 unspecified atom stereocenters. The van der Waals surface area contributed by atoms with E-state index in [2.05, 4.69) is 9.72 Å². The van der Waals surface area contributed by atoms with Gasteiger partial charge in [0.1, 0.15) is 0 Å². The Kier molecular flexibility index (Phi) is 4.38. The second-order valence-electron chi connectivity index (χ2n) is 3.84. The molecule has 2 rings (SSSR count). The van der Waals surface area contributed by atoms with E-state index >= 15 is 0 Å². The van der Waals surface area contributed by atoms with Gasteiger partial charge >= 0.3 is 5.97 Å². The maximum absolute atomic E-state index is 12.0. The second-order valence-corrected chi connectivity index (χ2v) is 5.03. The van der Waals surface area contributed by atoms with Crippen LogP contribution in [0.2, 0.25) is 15.1 Å². The fourth-order valence-electron chi connectivity index (χ4n) is 1.75. The average Bonchev–Trinajstić information content (AvgIpc) is 2.43. The third kappa shape index (κ3) is 2.68. The van der Waals surface area contributed by atoms with Gasteiger partial charge in [0, 0.05) is 6.20 Å². The molecule has 0 amide bonds. The van der Waals surface area contributed by atoms with Gasteiger partial charge in [0.2, 0.25) is 0 Å². The Hall–Kier alpha value is -1.49. The zero-order chi connectivity index (χ0) is 14.9. The highest BCUT2D eigenvalue weighted by molar-refractivity contribution is 6.48. The predicted octanol–water partition coefficient (Wildman–Crippen LogP) is 3.79. The molecule has 20 heavy (non-hydrogen) atoms. The lowest BCUT2D eigenvalue weighted by Gasteiger charge is -2.09. The fourth-order valence-corrected chi connectivity index (χ4v) is 2.34. The van der Waals surface area contributed by atoms with E-state index in [1.807, 2.05) is 0 Å². The number of H-pyrrole nitrogens is 1. The Morgan fingerprint density at radius 1 is 1.20 bits per heavy atom. The van der Waals surface area contributed by atoms with Crippen molar-refractivity contribution in [1.29, 1.82) is 0 Å². The van der Waals surface area contributed by atoms with Crippen molar-refractivity contribution in [2.75, 3.05) is 7.11 Å². The number of ether oxygens (including phenoxy) is 1. The van der Waals surface area contributed by atoms with Gasteiger partial charge in [0.15, 0.2) is 0 Å². The summed E-state index contributed by atoms with van der Waals surface area (Å²) in [7, 11) is 1.23. The number of hydrogen-bond donors (Lipinski definition) is 1. The van der Waals surface area contributed by atoms with Crippen molar-refractivity contribution in [3.8, 4) is 11.1 Å². The van der Waals surface area contributed by atoms with Crippen LogP contribution in [0.1, 0.15) is 10.4 Å². The molecule has 1 heterocycles. The fraction of sp³-hybridized carbons (Fsp3) is 0.0769. The van der Waals surface area contributed by atoms with Crippen LogP contribution in [0.15, 0.2) is 29.2 Å². The molecule has 0 bridgehead atoms. The minimum Gasteiger partial charge on any atom is -0.465 e. The lowest BCUT2D eigenvalue weighted by molar-refractivity contribution is 0.0601. The van der Waals surface area contributed by atoms with Gasteiger partial charge in [-0.2, -0.15) is 0 Å². The van der Waals surface area contributed by atoms with Crippen molar-refractivity contribution in [2.45, 2.75) is 0 Å². The molecule has 1 aromatic carbocycles. The van der Waals surface area contributed by atoms with Crippen LogP contribution in [0.3, 0.4) is 0 Å². The maximum atomic E-state index is 12.0. The van der Waals surface area contributed by atoms with E-state index in [4.69, 9.17) is 34.8 Å². The Balaban J connectivity index is 2.76. The van der Waals surface area contributed by atoms with Crippen molar-refractivity contribution in [1.82, 2.24) is 4.98 Å². The number of methoxy groups -OCH3 is 1. The molecule has 1 aromatic heterocycles. The SMILES string of the molecule is COC(=O)c1cc[nH]c(=O)c1-c1cc(Cl)c(Cl)c(Cl)c1. The summed E-state index contributed by atoms with van der Waals surface area (Å²) in [5.41, 5.74) is 0.166. The first kappa shape index (κ1) is 14.9. The number of hydrogen-bond acceptors (Lipinski definition) is 3. The predicted molar refractivity (Wildman–Crippen MR) is 78.9 cm³/mol. The molecule has 0 radical (unpaired) electrons. The molecular formula is C13H8Cl3NO3. The summed E-state index contributed by atoms with van der Waals surface area (Å²) in [4.78, 5) is 26.2. The molecule has 0 saturated heterocycles. The first-order valence-corrected chi connectivity index (χ1v) is 6.54. The zero-order valence-corrected chi connectivity index (χ0v) is 12.4. The van der Waals surface area contributed by atoms with E-state index in [9.17, 15) is 9.59 Å². The number of benzene rings is 1. The molecule has 7 heteroatoms. The molecule has 0 aliphatic heterocycles. The molecule has 4 nitrogen and oxygen atoms in total. The van der Waals surface area contributed by atoms with Crippen LogP contribution in [-0.4, -0.2) is 18.1 Å². The molecule has 0 aliphatic rings. The van der Waals surface area contributed by atoms with E-state index < -0.39 is 11.5 Å². The molecule has 104 valence electrons. The highest BCUT2D eigenvalue weighted by atomic mass is 35.5. The minimum absolute atomic E-state index is 0.116. The van der Waals surface area contributed by atoms with Gasteiger partial charge in [-0.3, -0.25) is 4.79 Å². The van der Waals surface area contributed by atoms with E-state index in [1.54, 1.807) is 0 Å². The molecular weight excluding hydrogens is 325 g/mol. The van der Waals surface area contributed by atoms with Crippen molar-refractivity contribution < 1.29 is 9.53 Å². The number of rotatable bonds is 2. The second kappa shape index (κ2) is 5.87. The van der Waals surface area contributed by atoms with Crippen molar-refractivity contribution in [2.24, 2.45) is 0 Å². The largest absolute Gasteiger partial charge is 0.465 e. The Labute approximate surface area is 129 Å². The van der Waals surface area contributed by atoms with Crippen LogP contribution in [0.4, 0.5) is 0 Å². The summed E-state index contributed by atoms with van der Waals surface area (Å²) in [5, 5.41) is 0.561. The number of esters is 1. The summed E-state index contributed by atoms with van der Waals surface area (Å²) in [6.07, 6.45) is 1.36. The van der Waals surface area contributed by atoms with E-state index in [1.165, 1.54) is 31.5 Å². The first-order valence-electron chi connectivity index (χ1n) is 5.40. The highest BCUT2D eigenvalue weighted by Gasteiger charge is 2.18. The monoisotopic (exact) mass is 331 g/mol. The third-order valence-electron chi connectivity index (χ3n) is 2.64. The Morgan fingerprint density at radius 2 is 1.80 bits per heavy atom. The number of nitrogens with one attached hydrogen (secondary N) is 1. The number of aromatic amines is 1. The lowest BCUT2D eigenvalue weighted by atomic mass is 10.0. The van der Waals surface area contributed by atoms with Crippen LogP contribution < -0.4 is 5.56 Å². The summed E-state index contributed by atoms with van der Waals surface area (Å²) >= 11 is 17.7. The van der Waals surface area contributed by atoms with Crippen LogP contribution in [0.25, 0.3) is 11.1 Å². The Morgan fingerprint density at radius 3 is 2.35 bits per heavy atom. The number of halogens is 3. The topological polar surface area (TPSA) is 59.2 Å². The maximum Gasteiger partial charge on any atom is 0.338 e. The standard InChI is InChI=1S/C13H8Cl3NO3/c1-20-13(19)7-2-3-17-12(18)10(7)6-4-8(14)11(16)9(15)5-6/h2-5H,1H3,(H,17,18). The van der Waals surface area contributed by atoms with Gasteiger partial charge in [-0.25, -0.2) is 4.79 Å². The van der Waals surface area contributed by atoms with Gasteiger partial charge < -0.3 is 9.72 Å². The van der Waals surface area contributed by atoms with Gasteiger partial charge in [0.05, 0.1) is 33.3 Å². The molecule has 0 fully saturated rings. The average molecular weight is 333 g/mol. The van der Waals surface area contributed by atoms with Crippen molar-refractivity contribution in [3.05, 3.63) is 55.4 Å². The van der Waals surface area contributed by atoms with Crippen LogP contribution in [-0.2, 0) is 4.74 Å². The van der Waals surface area contributed by atoms with Gasteiger partial charge in [-0.05, 0) is 23.8 Å². The normalized spacial score (nSPS) is 10.4. The molecule has 0 atom stereocenters. The third-order valence-corrected chi connectivity index (χ3v) is 3.84. The highest BCUT2D eigenvalue weighted by Crippen LogP contribution is 2.35. The number of carbonyl (C=O) groups excluding carboxylic acids is 1. The van der Waals surface area contributed by atoms with Crippen molar-refractivity contribution >= 4 is 40.8 Å². The number of aromatic nitrogens is 1. The minimum atomic E-state index is -0.631. The summed E-state index contributed by atoms with van der Waals surface area (Å²) < 4.78 is 4.65. The molecule has 0 saturated carbocycles. The quantitative estimate of drug-likeness (QED) is 0.672. The van der Waals surface area contributed by atoms with E-state index in [-0.39, 0.29) is 26.2 Å². The zero-order valence-electron chi connectivity index (χ0n) is 10.2. The van der Waals surface area contributed by atoms with E-state index in [0.717, 1.165) is 0 Å². The smallest absolute Gasteiger partial charge is 0.338 e. The van der Waals surface area contributed by atoms with Gasteiger partial charge in [-0.15, -0.1) is 0 Å². The van der Waals surface area contributed by atoms with Crippen LogP contribution >= 0.6 is 34.8 Å². The molecule has 2 aromatic rings. The number of carbonyl (C=O) groups is 1. The van der Waals surface area contributed by atoms with Gasteiger partial charge in [-0.1, -0.05) is 34.8 Å².